The fourth-order valence-corrected chi connectivity index (χ4v) is 3.69. The zero-order valence-corrected chi connectivity index (χ0v) is 15.2. The summed E-state index contributed by atoms with van der Waals surface area (Å²) in [6.07, 6.45) is 1.94. The molecular formula is C18H14F2IN3O. The van der Waals surface area contributed by atoms with E-state index in [9.17, 15) is 13.6 Å². The summed E-state index contributed by atoms with van der Waals surface area (Å²) in [4.78, 5) is 17.7. The zero-order valence-electron chi connectivity index (χ0n) is 13.0. The minimum Gasteiger partial charge on any atom is -0.321 e. The number of hydrogen-bond acceptors (Lipinski definition) is 3. The number of nitrogens with zero attached hydrogens (tertiary/aromatic N) is 2. The van der Waals surface area contributed by atoms with Gasteiger partial charge in [-0.2, -0.15) is 0 Å². The summed E-state index contributed by atoms with van der Waals surface area (Å²) in [5.41, 5.74) is 6.64. The molecule has 0 saturated heterocycles. The van der Waals surface area contributed by atoms with Crippen molar-refractivity contribution in [1.29, 1.82) is 0 Å². The summed E-state index contributed by atoms with van der Waals surface area (Å²) >= 11 is 1.95. The topological polar surface area (TPSA) is 60.9 Å². The third-order valence-electron chi connectivity index (χ3n) is 4.41. The minimum absolute atomic E-state index is 0.153. The Labute approximate surface area is 155 Å². The van der Waals surface area contributed by atoms with Crippen molar-refractivity contribution in [1.82, 2.24) is 9.55 Å². The quantitative estimate of drug-likeness (QED) is 0.616. The molecule has 2 aromatic carbocycles. The summed E-state index contributed by atoms with van der Waals surface area (Å²) in [5.74, 6) is -0.345. The van der Waals surface area contributed by atoms with Gasteiger partial charge in [-0.15, -0.1) is 0 Å². The number of fused-ring (bicyclic) bond motifs is 1. The van der Waals surface area contributed by atoms with Crippen molar-refractivity contribution in [2.45, 2.75) is 18.9 Å². The molecule has 7 heteroatoms. The van der Waals surface area contributed by atoms with E-state index in [1.807, 2.05) is 22.6 Å². The van der Waals surface area contributed by atoms with Crippen molar-refractivity contribution >= 4 is 33.5 Å². The molecule has 1 saturated carbocycles. The molecule has 0 amide bonds. The molecule has 0 aliphatic heterocycles. The zero-order chi connectivity index (χ0) is 17.7. The van der Waals surface area contributed by atoms with Gasteiger partial charge in [0.25, 0.3) is 5.56 Å². The van der Waals surface area contributed by atoms with E-state index in [2.05, 4.69) is 4.98 Å². The summed E-state index contributed by atoms with van der Waals surface area (Å²) in [5, 5.41) is 0.153. The van der Waals surface area contributed by atoms with E-state index in [1.54, 1.807) is 6.07 Å². The lowest BCUT2D eigenvalue weighted by molar-refractivity contribution is 0.571. The second-order valence-corrected chi connectivity index (χ2v) is 7.40. The fraction of sp³-hybridized carbons (Fsp3) is 0.222. The fourth-order valence-electron chi connectivity index (χ4n) is 2.99. The number of aromatic nitrogens is 2. The van der Waals surface area contributed by atoms with Crippen molar-refractivity contribution in [3.8, 4) is 5.69 Å². The van der Waals surface area contributed by atoms with Crippen LogP contribution in [0.25, 0.3) is 16.6 Å². The van der Waals surface area contributed by atoms with E-state index in [4.69, 9.17) is 5.73 Å². The van der Waals surface area contributed by atoms with Crippen LogP contribution < -0.4 is 11.3 Å². The molecule has 4 nitrogen and oxygen atoms in total. The Bertz CT molecular complexity index is 1050. The maximum Gasteiger partial charge on any atom is 0.266 e. The molecule has 3 aromatic rings. The van der Waals surface area contributed by atoms with E-state index in [0.29, 0.717) is 20.6 Å². The van der Waals surface area contributed by atoms with Crippen LogP contribution in [0.5, 0.6) is 0 Å². The van der Waals surface area contributed by atoms with Gasteiger partial charge in [-0.3, -0.25) is 9.36 Å². The minimum atomic E-state index is -0.513. The Hall–Kier alpha value is -1.87. The second-order valence-electron chi connectivity index (χ2n) is 6.24. The molecule has 1 aromatic heterocycles. The molecule has 1 aliphatic rings. The number of rotatable bonds is 3. The number of hydrogen-bond donors (Lipinski definition) is 1. The Kier molecular flexibility index (Phi) is 4.07. The highest BCUT2D eigenvalue weighted by Crippen LogP contribution is 2.39. The van der Waals surface area contributed by atoms with Crippen LogP contribution in [0.2, 0.25) is 0 Å². The molecule has 0 radical (unpaired) electrons. The Morgan fingerprint density at radius 2 is 1.96 bits per heavy atom. The van der Waals surface area contributed by atoms with Crippen LogP contribution in [-0.4, -0.2) is 9.55 Å². The first kappa shape index (κ1) is 16.6. The lowest BCUT2D eigenvalue weighted by Gasteiger charge is -2.18. The molecule has 128 valence electrons. The summed E-state index contributed by atoms with van der Waals surface area (Å²) in [6, 6.07) is 7.74. The van der Waals surface area contributed by atoms with E-state index in [0.717, 1.165) is 18.9 Å². The third kappa shape index (κ3) is 2.95. The van der Waals surface area contributed by atoms with Crippen molar-refractivity contribution in [3.63, 3.8) is 0 Å². The van der Waals surface area contributed by atoms with Crippen LogP contribution in [-0.2, 0) is 0 Å². The van der Waals surface area contributed by atoms with Gasteiger partial charge in [-0.05, 0) is 71.7 Å². The Balaban J connectivity index is 2.09. The highest BCUT2D eigenvalue weighted by Gasteiger charge is 2.33. The molecule has 1 heterocycles. The number of nitrogens with two attached hydrogens (primary N) is 1. The monoisotopic (exact) mass is 453 g/mol. The molecule has 2 N–H and O–H groups in total. The highest BCUT2D eigenvalue weighted by molar-refractivity contribution is 14.1. The van der Waals surface area contributed by atoms with Gasteiger partial charge in [0, 0.05) is 3.57 Å². The van der Waals surface area contributed by atoms with Crippen molar-refractivity contribution in [2.75, 3.05) is 0 Å². The van der Waals surface area contributed by atoms with Crippen LogP contribution >= 0.6 is 22.6 Å². The molecule has 25 heavy (non-hydrogen) atoms. The Morgan fingerprint density at radius 3 is 2.64 bits per heavy atom. The van der Waals surface area contributed by atoms with Crippen LogP contribution in [0, 0.1) is 21.1 Å². The van der Waals surface area contributed by atoms with Gasteiger partial charge in [-0.25, -0.2) is 13.8 Å². The second kappa shape index (κ2) is 6.14. The predicted molar refractivity (Wildman–Crippen MR) is 99.6 cm³/mol. The predicted octanol–water partition coefficient (Wildman–Crippen LogP) is 3.68. The Morgan fingerprint density at radius 1 is 1.20 bits per heavy atom. The molecule has 4 rings (SSSR count). The summed E-state index contributed by atoms with van der Waals surface area (Å²) in [7, 11) is 0. The van der Waals surface area contributed by atoms with Crippen molar-refractivity contribution < 1.29 is 8.78 Å². The maximum atomic E-state index is 13.8. The van der Waals surface area contributed by atoms with Gasteiger partial charge in [0.05, 0.1) is 22.6 Å². The first-order chi connectivity index (χ1) is 12.0. The van der Waals surface area contributed by atoms with Gasteiger partial charge in [0.15, 0.2) is 0 Å². The largest absolute Gasteiger partial charge is 0.321 e. The normalized spacial score (nSPS) is 15.5. The number of benzene rings is 2. The maximum absolute atomic E-state index is 13.8. The van der Waals surface area contributed by atoms with E-state index in [1.165, 1.54) is 28.8 Å². The SMILES string of the molecule is NC(c1nc2c(I)cc(F)cc2c(=O)n1-c1cccc(F)c1)C1CC1. The van der Waals surface area contributed by atoms with Crippen molar-refractivity contribution in [3.05, 3.63) is 67.8 Å². The van der Waals surface area contributed by atoms with Crippen LogP contribution in [0.4, 0.5) is 8.78 Å². The molecule has 0 spiro atoms. The third-order valence-corrected chi connectivity index (χ3v) is 5.23. The molecule has 1 aliphatic carbocycles. The van der Waals surface area contributed by atoms with Crippen LogP contribution in [0.1, 0.15) is 24.7 Å². The molecule has 1 atom stereocenters. The average molecular weight is 453 g/mol. The highest BCUT2D eigenvalue weighted by atomic mass is 127. The molecule has 1 unspecified atom stereocenters. The lowest BCUT2D eigenvalue weighted by atomic mass is 10.1. The van der Waals surface area contributed by atoms with Gasteiger partial charge in [0.1, 0.15) is 17.5 Å². The van der Waals surface area contributed by atoms with Crippen molar-refractivity contribution in [2.24, 2.45) is 11.7 Å². The van der Waals surface area contributed by atoms with Crippen LogP contribution in [0.3, 0.4) is 0 Å². The van der Waals surface area contributed by atoms with E-state index in [-0.39, 0.29) is 11.3 Å². The standard InChI is InChI=1S/C18H14F2IN3O/c19-10-2-1-3-12(6-10)24-17(15(22)9-4-5-9)23-16-13(18(24)25)7-11(20)8-14(16)21/h1-3,6-9,15H,4-5,22H2. The van der Waals surface area contributed by atoms with Crippen LogP contribution in [0.15, 0.2) is 41.2 Å². The summed E-state index contributed by atoms with van der Waals surface area (Å²) < 4.78 is 29.4. The van der Waals surface area contributed by atoms with Gasteiger partial charge in [0.2, 0.25) is 0 Å². The average Bonchev–Trinajstić information content (AvgIpc) is 3.39. The molecular weight excluding hydrogens is 439 g/mol. The smallest absolute Gasteiger partial charge is 0.266 e. The molecule has 0 bridgehead atoms. The molecule has 1 fully saturated rings. The lowest BCUT2D eigenvalue weighted by Crippen LogP contribution is -2.29. The summed E-state index contributed by atoms with van der Waals surface area (Å²) in [6.45, 7) is 0. The van der Waals surface area contributed by atoms with Gasteiger partial charge in [-0.1, -0.05) is 6.07 Å². The van der Waals surface area contributed by atoms with Gasteiger partial charge >= 0.3 is 0 Å². The first-order valence-corrected chi connectivity index (χ1v) is 8.97. The van der Waals surface area contributed by atoms with Gasteiger partial charge < -0.3 is 5.73 Å². The van der Waals surface area contributed by atoms with E-state index < -0.39 is 23.2 Å². The van der Waals surface area contributed by atoms with E-state index >= 15 is 0 Å². The number of halogens is 3. The first-order valence-electron chi connectivity index (χ1n) is 7.89.